The molecule has 0 aliphatic carbocycles. The molecule has 1 aromatic carbocycles. The molecule has 1 aromatic rings. The molecular weight excluding hydrogens is 240 g/mol. The van der Waals surface area contributed by atoms with Gasteiger partial charge in [0.25, 0.3) is 0 Å². The molecule has 0 heterocycles. The van der Waals surface area contributed by atoms with E-state index in [1.54, 1.807) is 4.90 Å². The Balaban J connectivity index is 2.04. The summed E-state index contributed by atoms with van der Waals surface area (Å²) >= 11 is 0. The second-order valence-electron chi connectivity index (χ2n) is 4.30. The average molecular weight is 264 g/mol. The van der Waals surface area contributed by atoms with E-state index in [0.29, 0.717) is 19.7 Å². The zero-order valence-electron chi connectivity index (χ0n) is 11.9. The Morgan fingerprint density at radius 2 is 1.89 bits per heavy atom. The lowest BCUT2D eigenvalue weighted by atomic mass is 10.2. The summed E-state index contributed by atoms with van der Waals surface area (Å²) in [4.78, 5) is 13.2. The molecule has 0 saturated carbocycles. The molecule has 4 nitrogen and oxygen atoms in total. The fourth-order valence-corrected chi connectivity index (χ4v) is 1.76. The van der Waals surface area contributed by atoms with Gasteiger partial charge in [0.15, 0.2) is 0 Å². The van der Waals surface area contributed by atoms with Gasteiger partial charge in [0, 0.05) is 19.6 Å². The van der Waals surface area contributed by atoms with Crippen molar-refractivity contribution in [2.75, 3.05) is 26.2 Å². The summed E-state index contributed by atoms with van der Waals surface area (Å²) in [5.74, 6) is 0. The van der Waals surface area contributed by atoms with Gasteiger partial charge in [-0.1, -0.05) is 30.3 Å². The Kier molecular flexibility index (Phi) is 7.66. The summed E-state index contributed by atoms with van der Waals surface area (Å²) in [5.41, 5.74) is 1.27. The number of nitrogens with one attached hydrogen (secondary N) is 1. The number of rotatable bonds is 8. The maximum Gasteiger partial charge on any atom is 0.409 e. The molecule has 106 valence electrons. The van der Waals surface area contributed by atoms with Crippen molar-refractivity contribution in [2.24, 2.45) is 0 Å². The highest BCUT2D eigenvalue weighted by atomic mass is 16.6. The third kappa shape index (κ3) is 6.25. The molecule has 4 heteroatoms. The molecule has 0 bridgehead atoms. The number of nitrogens with zero attached hydrogens (tertiary/aromatic N) is 1. The number of carbonyl (C=O) groups is 1. The number of hydrogen-bond acceptors (Lipinski definition) is 3. The normalized spacial score (nSPS) is 10.2. The lowest BCUT2D eigenvalue weighted by molar-refractivity contribution is 0.105. The highest BCUT2D eigenvalue weighted by Crippen LogP contribution is 1.97. The smallest absolute Gasteiger partial charge is 0.409 e. The van der Waals surface area contributed by atoms with Crippen molar-refractivity contribution in [1.82, 2.24) is 10.2 Å². The van der Waals surface area contributed by atoms with Crippen LogP contribution in [-0.4, -0.2) is 37.2 Å². The van der Waals surface area contributed by atoms with E-state index in [9.17, 15) is 4.79 Å². The minimum Gasteiger partial charge on any atom is -0.449 e. The van der Waals surface area contributed by atoms with Crippen LogP contribution < -0.4 is 5.32 Å². The Labute approximate surface area is 115 Å². The molecule has 0 aliphatic heterocycles. The van der Waals surface area contributed by atoms with Crippen LogP contribution in [0.1, 0.15) is 25.8 Å². The molecule has 1 amide bonds. The van der Waals surface area contributed by atoms with Gasteiger partial charge in [0.1, 0.15) is 0 Å². The van der Waals surface area contributed by atoms with Crippen LogP contribution in [0.2, 0.25) is 0 Å². The maximum absolute atomic E-state index is 11.5. The summed E-state index contributed by atoms with van der Waals surface area (Å²) < 4.78 is 5.19. The van der Waals surface area contributed by atoms with Gasteiger partial charge in [-0.25, -0.2) is 4.79 Å². The number of hydrogen-bond donors (Lipinski definition) is 1. The monoisotopic (exact) mass is 264 g/mol. The first-order valence-electron chi connectivity index (χ1n) is 6.94. The molecule has 0 atom stereocenters. The molecule has 0 spiro atoms. The zero-order chi connectivity index (χ0) is 13.9. The van der Waals surface area contributed by atoms with Gasteiger partial charge in [0.2, 0.25) is 0 Å². The maximum atomic E-state index is 11.5. The van der Waals surface area contributed by atoms with Crippen LogP contribution in [0.25, 0.3) is 0 Å². The van der Waals surface area contributed by atoms with Crippen molar-refractivity contribution >= 4 is 6.09 Å². The van der Waals surface area contributed by atoms with Crippen LogP contribution in [0.15, 0.2) is 30.3 Å². The summed E-state index contributed by atoms with van der Waals surface area (Å²) in [7, 11) is 0. The number of ether oxygens (including phenoxy) is 1. The first kappa shape index (κ1) is 15.5. The Hall–Kier alpha value is -1.55. The lowest BCUT2D eigenvalue weighted by Crippen LogP contribution is -2.31. The largest absolute Gasteiger partial charge is 0.449 e. The van der Waals surface area contributed by atoms with E-state index in [2.05, 4.69) is 17.4 Å². The molecule has 0 saturated heterocycles. The first-order chi connectivity index (χ1) is 9.27. The SMILES string of the molecule is CCN(CC)C(=O)OCCCNCc1ccccc1. The molecule has 1 N–H and O–H groups in total. The van der Waals surface area contributed by atoms with Crippen LogP contribution in [0.3, 0.4) is 0 Å². The van der Waals surface area contributed by atoms with Crippen molar-refractivity contribution in [2.45, 2.75) is 26.8 Å². The fraction of sp³-hybridized carbons (Fsp3) is 0.533. The van der Waals surface area contributed by atoms with Gasteiger partial charge in [-0.15, -0.1) is 0 Å². The molecule has 0 aliphatic rings. The van der Waals surface area contributed by atoms with Crippen LogP contribution in [0.5, 0.6) is 0 Å². The topological polar surface area (TPSA) is 41.6 Å². The molecule has 19 heavy (non-hydrogen) atoms. The van der Waals surface area contributed by atoms with Crippen molar-refractivity contribution in [1.29, 1.82) is 0 Å². The summed E-state index contributed by atoms with van der Waals surface area (Å²) in [6.07, 6.45) is 0.618. The molecule has 0 fully saturated rings. The molecule has 0 aromatic heterocycles. The van der Waals surface area contributed by atoms with Gasteiger partial charge in [0.05, 0.1) is 6.61 Å². The first-order valence-corrected chi connectivity index (χ1v) is 6.94. The Morgan fingerprint density at radius 3 is 2.53 bits per heavy atom. The van der Waals surface area contributed by atoms with Crippen molar-refractivity contribution in [3.63, 3.8) is 0 Å². The lowest BCUT2D eigenvalue weighted by Gasteiger charge is -2.17. The Morgan fingerprint density at radius 1 is 1.21 bits per heavy atom. The van der Waals surface area contributed by atoms with E-state index >= 15 is 0 Å². The quantitative estimate of drug-likeness (QED) is 0.734. The van der Waals surface area contributed by atoms with Crippen LogP contribution in [-0.2, 0) is 11.3 Å². The minimum atomic E-state index is -0.215. The highest BCUT2D eigenvalue weighted by molar-refractivity contribution is 5.67. The Bertz CT molecular complexity index is 350. The predicted octanol–water partition coefficient (Wildman–Crippen LogP) is 2.64. The van der Waals surface area contributed by atoms with Gasteiger partial charge in [-0.05, 0) is 32.4 Å². The van der Waals surface area contributed by atoms with Gasteiger partial charge < -0.3 is 15.0 Å². The molecule has 0 unspecified atom stereocenters. The summed E-state index contributed by atoms with van der Waals surface area (Å²) in [6.45, 7) is 7.46. The van der Waals surface area contributed by atoms with E-state index in [1.807, 2.05) is 32.0 Å². The molecular formula is C15H24N2O2. The van der Waals surface area contributed by atoms with Crippen molar-refractivity contribution in [3.8, 4) is 0 Å². The van der Waals surface area contributed by atoms with E-state index in [-0.39, 0.29) is 6.09 Å². The van der Waals surface area contributed by atoms with Crippen LogP contribution in [0.4, 0.5) is 4.79 Å². The second kappa shape index (κ2) is 9.39. The summed E-state index contributed by atoms with van der Waals surface area (Å²) in [5, 5.41) is 3.33. The minimum absolute atomic E-state index is 0.215. The van der Waals surface area contributed by atoms with Crippen molar-refractivity contribution < 1.29 is 9.53 Å². The number of carbonyl (C=O) groups excluding carboxylic acids is 1. The fourth-order valence-electron chi connectivity index (χ4n) is 1.76. The van der Waals surface area contributed by atoms with Crippen LogP contribution >= 0.6 is 0 Å². The predicted molar refractivity (Wildman–Crippen MR) is 77.0 cm³/mol. The average Bonchev–Trinajstić information content (AvgIpc) is 2.45. The zero-order valence-corrected chi connectivity index (χ0v) is 11.9. The number of amides is 1. The molecule has 0 radical (unpaired) electrons. The van der Waals surface area contributed by atoms with E-state index < -0.39 is 0 Å². The van der Waals surface area contributed by atoms with Crippen LogP contribution in [0, 0.1) is 0 Å². The van der Waals surface area contributed by atoms with E-state index in [1.165, 1.54) is 5.56 Å². The summed E-state index contributed by atoms with van der Waals surface area (Å²) in [6, 6.07) is 10.3. The van der Waals surface area contributed by atoms with Crippen molar-refractivity contribution in [3.05, 3.63) is 35.9 Å². The number of benzene rings is 1. The second-order valence-corrected chi connectivity index (χ2v) is 4.30. The highest BCUT2D eigenvalue weighted by Gasteiger charge is 2.09. The van der Waals surface area contributed by atoms with Gasteiger partial charge >= 0.3 is 6.09 Å². The van der Waals surface area contributed by atoms with E-state index in [0.717, 1.165) is 19.5 Å². The van der Waals surface area contributed by atoms with Gasteiger partial charge in [-0.3, -0.25) is 0 Å². The van der Waals surface area contributed by atoms with Gasteiger partial charge in [-0.2, -0.15) is 0 Å². The third-order valence-corrected chi connectivity index (χ3v) is 2.92. The van der Waals surface area contributed by atoms with E-state index in [4.69, 9.17) is 4.74 Å². The molecule has 1 rings (SSSR count). The standard InChI is InChI=1S/C15H24N2O2/c1-3-17(4-2)15(18)19-12-8-11-16-13-14-9-6-5-7-10-14/h5-7,9-10,16H,3-4,8,11-13H2,1-2H3. The third-order valence-electron chi connectivity index (χ3n) is 2.92.